The van der Waals surface area contributed by atoms with E-state index in [0.29, 0.717) is 28.7 Å². The Morgan fingerprint density at radius 3 is 2.95 bits per heavy atom. The molecule has 1 amide bonds. The fourth-order valence-electron chi connectivity index (χ4n) is 1.82. The van der Waals surface area contributed by atoms with Crippen molar-refractivity contribution >= 4 is 17.5 Å². The fourth-order valence-corrected chi connectivity index (χ4v) is 2.07. The molecule has 7 heteroatoms. The standard InChI is InChI=1S/C14H15ClN4O2/c1-4-7-16-14(20)13-9(2)19(18-17-13)10-5-6-12(21-3)11(15)8-10/h4-6,8H,1,7H2,2-3H3,(H,16,20). The van der Waals surface area contributed by atoms with Crippen LogP contribution in [0.15, 0.2) is 30.9 Å². The Kier molecular flexibility index (Phi) is 4.59. The maximum absolute atomic E-state index is 11.9. The van der Waals surface area contributed by atoms with Gasteiger partial charge in [0.25, 0.3) is 5.91 Å². The van der Waals surface area contributed by atoms with Gasteiger partial charge in [0.2, 0.25) is 0 Å². The van der Waals surface area contributed by atoms with Crippen LogP contribution in [-0.2, 0) is 0 Å². The second-order valence-electron chi connectivity index (χ2n) is 4.25. The average molecular weight is 307 g/mol. The molecule has 0 aliphatic rings. The van der Waals surface area contributed by atoms with Gasteiger partial charge in [-0.3, -0.25) is 4.79 Å². The molecular weight excluding hydrogens is 292 g/mol. The van der Waals surface area contributed by atoms with Crippen molar-refractivity contribution in [1.82, 2.24) is 20.3 Å². The van der Waals surface area contributed by atoms with Crippen molar-refractivity contribution in [2.75, 3.05) is 13.7 Å². The zero-order valence-corrected chi connectivity index (χ0v) is 12.5. The molecule has 110 valence electrons. The van der Waals surface area contributed by atoms with Crippen LogP contribution in [0.5, 0.6) is 5.75 Å². The van der Waals surface area contributed by atoms with Gasteiger partial charge in [-0.1, -0.05) is 22.9 Å². The van der Waals surface area contributed by atoms with E-state index in [9.17, 15) is 4.79 Å². The van der Waals surface area contributed by atoms with Crippen molar-refractivity contribution < 1.29 is 9.53 Å². The summed E-state index contributed by atoms with van der Waals surface area (Å²) < 4.78 is 6.65. The molecule has 1 N–H and O–H groups in total. The molecule has 0 fully saturated rings. The highest BCUT2D eigenvalue weighted by Gasteiger charge is 2.17. The van der Waals surface area contributed by atoms with Crippen molar-refractivity contribution in [3.05, 3.63) is 47.3 Å². The van der Waals surface area contributed by atoms with Gasteiger partial charge in [0, 0.05) is 6.54 Å². The van der Waals surface area contributed by atoms with Gasteiger partial charge >= 0.3 is 0 Å². The van der Waals surface area contributed by atoms with E-state index >= 15 is 0 Å². The number of carbonyl (C=O) groups is 1. The minimum atomic E-state index is -0.293. The highest BCUT2D eigenvalue weighted by atomic mass is 35.5. The Morgan fingerprint density at radius 1 is 1.57 bits per heavy atom. The van der Waals surface area contributed by atoms with Gasteiger partial charge in [-0.15, -0.1) is 11.7 Å². The van der Waals surface area contributed by atoms with Gasteiger partial charge in [-0.2, -0.15) is 0 Å². The quantitative estimate of drug-likeness (QED) is 0.859. The molecule has 1 aromatic heterocycles. The van der Waals surface area contributed by atoms with Crippen LogP contribution in [0.1, 0.15) is 16.2 Å². The summed E-state index contributed by atoms with van der Waals surface area (Å²) in [6.45, 7) is 5.68. The molecule has 1 heterocycles. The number of nitrogens with one attached hydrogen (secondary N) is 1. The number of benzene rings is 1. The molecule has 1 aromatic carbocycles. The van der Waals surface area contributed by atoms with Crippen LogP contribution in [0.4, 0.5) is 0 Å². The lowest BCUT2D eigenvalue weighted by molar-refractivity contribution is 0.0952. The van der Waals surface area contributed by atoms with Crippen LogP contribution >= 0.6 is 11.6 Å². The largest absolute Gasteiger partial charge is 0.495 e. The molecule has 0 unspecified atom stereocenters. The molecular formula is C14H15ClN4O2. The number of carbonyl (C=O) groups excluding carboxylic acids is 1. The Labute approximate surface area is 127 Å². The number of hydrogen-bond acceptors (Lipinski definition) is 4. The summed E-state index contributed by atoms with van der Waals surface area (Å²) in [4.78, 5) is 11.9. The van der Waals surface area contributed by atoms with Gasteiger partial charge in [0.05, 0.1) is 23.5 Å². The minimum absolute atomic E-state index is 0.267. The van der Waals surface area contributed by atoms with Crippen molar-refractivity contribution in [3.63, 3.8) is 0 Å². The summed E-state index contributed by atoms with van der Waals surface area (Å²) in [5, 5.41) is 11.0. The molecule has 0 aliphatic carbocycles. The van der Waals surface area contributed by atoms with Crippen molar-refractivity contribution in [2.24, 2.45) is 0 Å². The summed E-state index contributed by atoms with van der Waals surface area (Å²) >= 11 is 6.09. The van der Waals surface area contributed by atoms with E-state index in [1.165, 1.54) is 0 Å². The normalized spacial score (nSPS) is 10.2. The van der Waals surface area contributed by atoms with Gasteiger partial charge in [0.15, 0.2) is 5.69 Å². The summed E-state index contributed by atoms with van der Waals surface area (Å²) in [5.74, 6) is 0.278. The molecule has 0 spiro atoms. The molecule has 0 bridgehead atoms. The molecule has 0 radical (unpaired) electrons. The number of rotatable bonds is 5. The van der Waals surface area contributed by atoms with E-state index in [4.69, 9.17) is 16.3 Å². The highest BCUT2D eigenvalue weighted by molar-refractivity contribution is 6.32. The first-order chi connectivity index (χ1) is 10.1. The number of nitrogens with zero attached hydrogens (tertiary/aromatic N) is 3. The molecule has 2 rings (SSSR count). The Bertz CT molecular complexity index is 682. The number of methoxy groups -OCH3 is 1. The van der Waals surface area contributed by atoms with Crippen molar-refractivity contribution in [3.8, 4) is 11.4 Å². The lowest BCUT2D eigenvalue weighted by Crippen LogP contribution is -2.24. The average Bonchev–Trinajstić information content (AvgIpc) is 2.86. The first-order valence-corrected chi connectivity index (χ1v) is 6.61. The first-order valence-electron chi connectivity index (χ1n) is 6.23. The van der Waals surface area contributed by atoms with Gasteiger partial charge in [0.1, 0.15) is 5.75 Å². The van der Waals surface area contributed by atoms with Crippen molar-refractivity contribution in [2.45, 2.75) is 6.92 Å². The summed E-state index contributed by atoms with van der Waals surface area (Å²) in [7, 11) is 1.55. The first kappa shape index (κ1) is 15.1. The van der Waals surface area contributed by atoms with Crippen LogP contribution in [0.25, 0.3) is 5.69 Å². The summed E-state index contributed by atoms with van der Waals surface area (Å²) in [5.41, 5.74) is 1.59. The second-order valence-corrected chi connectivity index (χ2v) is 4.66. The van der Waals surface area contributed by atoms with Gasteiger partial charge in [-0.25, -0.2) is 4.68 Å². The number of halogens is 1. The fraction of sp³-hybridized carbons (Fsp3) is 0.214. The number of amides is 1. The third-order valence-electron chi connectivity index (χ3n) is 2.90. The van der Waals surface area contributed by atoms with Crippen LogP contribution in [0.2, 0.25) is 5.02 Å². The lowest BCUT2D eigenvalue weighted by atomic mass is 10.2. The zero-order chi connectivity index (χ0) is 15.4. The maximum atomic E-state index is 11.9. The Morgan fingerprint density at radius 2 is 2.33 bits per heavy atom. The topological polar surface area (TPSA) is 69.0 Å². The van der Waals surface area contributed by atoms with E-state index < -0.39 is 0 Å². The van der Waals surface area contributed by atoms with E-state index in [2.05, 4.69) is 22.2 Å². The molecule has 0 atom stereocenters. The van der Waals surface area contributed by atoms with Gasteiger partial charge in [-0.05, 0) is 25.1 Å². The molecule has 6 nitrogen and oxygen atoms in total. The smallest absolute Gasteiger partial charge is 0.274 e. The Hall–Kier alpha value is -2.34. The molecule has 0 aliphatic heterocycles. The van der Waals surface area contributed by atoms with E-state index in [1.807, 2.05) is 0 Å². The molecule has 0 saturated carbocycles. The SMILES string of the molecule is C=CCNC(=O)c1nnn(-c2ccc(OC)c(Cl)c2)c1C. The molecule has 0 saturated heterocycles. The maximum Gasteiger partial charge on any atom is 0.274 e. The lowest BCUT2D eigenvalue weighted by Gasteiger charge is -2.07. The highest BCUT2D eigenvalue weighted by Crippen LogP contribution is 2.26. The Balaban J connectivity index is 2.33. The van der Waals surface area contributed by atoms with E-state index in [0.717, 1.165) is 0 Å². The van der Waals surface area contributed by atoms with Gasteiger partial charge < -0.3 is 10.1 Å². The van der Waals surface area contributed by atoms with E-state index in [-0.39, 0.29) is 11.6 Å². The minimum Gasteiger partial charge on any atom is -0.495 e. The third-order valence-corrected chi connectivity index (χ3v) is 3.19. The van der Waals surface area contributed by atoms with Crippen LogP contribution in [-0.4, -0.2) is 34.6 Å². The second kappa shape index (κ2) is 6.41. The number of ether oxygens (including phenoxy) is 1. The monoisotopic (exact) mass is 306 g/mol. The predicted octanol–water partition coefficient (Wildman–Crippen LogP) is 2.15. The van der Waals surface area contributed by atoms with Crippen LogP contribution in [0.3, 0.4) is 0 Å². The van der Waals surface area contributed by atoms with E-state index in [1.54, 1.807) is 43.0 Å². The number of aromatic nitrogens is 3. The zero-order valence-electron chi connectivity index (χ0n) is 11.8. The molecule has 2 aromatic rings. The molecule has 21 heavy (non-hydrogen) atoms. The van der Waals surface area contributed by atoms with Crippen LogP contribution < -0.4 is 10.1 Å². The third kappa shape index (κ3) is 3.05. The van der Waals surface area contributed by atoms with Crippen LogP contribution in [0, 0.1) is 6.92 Å². The number of hydrogen-bond donors (Lipinski definition) is 1. The summed E-state index contributed by atoms with van der Waals surface area (Å²) in [6, 6.07) is 5.22. The summed E-state index contributed by atoms with van der Waals surface area (Å²) in [6.07, 6.45) is 1.60. The van der Waals surface area contributed by atoms with Crippen molar-refractivity contribution in [1.29, 1.82) is 0 Å². The predicted molar refractivity (Wildman–Crippen MR) is 80.2 cm³/mol.